The van der Waals surface area contributed by atoms with Gasteiger partial charge in [-0.05, 0) is 25.6 Å². The van der Waals surface area contributed by atoms with Crippen molar-refractivity contribution in [3.8, 4) is 0 Å². The topological polar surface area (TPSA) is 41.0 Å². The zero-order valence-electron chi connectivity index (χ0n) is 11.0. The van der Waals surface area contributed by atoms with Crippen molar-refractivity contribution >= 4 is 17.2 Å². The summed E-state index contributed by atoms with van der Waals surface area (Å²) in [6.07, 6.45) is 0. The van der Waals surface area contributed by atoms with E-state index in [1.165, 1.54) is 5.56 Å². The Morgan fingerprint density at radius 2 is 2.22 bits per heavy atom. The summed E-state index contributed by atoms with van der Waals surface area (Å²) in [6, 6.07) is 4.19. The molecule has 2 heterocycles. The summed E-state index contributed by atoms with van der Waals surface area (Å²) < 4.78 is 0. The van der Waals surface area contributed by atoms with Gasteiger partial charge in [0.2, 0.25) is 0 Å². The van der Waals surface area contributed by atoms with Crippen LogP contribution in [-0.4, -0.2) is 24.1 Å². The molecule has 0 fully saturated rings. The first-order valence-electron chi connectivity index (χ1n) is 5.90. The third-order valence-corrected chi connectivity index (χ3v) is 3.46. The number of anilines is 1. The fourth-order valence-electron chi connectivity index (χ4n) is 1.81. The molecule has 0 aliphatic rings. The van der Waals surface area contributed by atoms with E-state index in [2.05, 4.69) is 37.7 Å². The molecular weight excluding hydrogens is 244 g/mol. The Balaban J connectivity index is 2.11. The molecule has 0 atom stereocenters. The van der Waals surface area contributed by atoms with Gasteiger partial charge in [0.15, 0.2) is 0 Å². The van der Waals surface area contributed by atoms with Gasteiger partial charge in [-0.3, -0.25) is 0 Å². The molecule has 0 radical (unpaired) electrons. The summed E-state index contributed by atoms with van der Waals surface area (Å²) >= 11 is 1.62. The molecule has 4 nitrogen and oxygen atoms in total. The third-order valence-electron chi connectivity index (χ3n) is 2.82. The molecular formula is C13H18N4S. The minimum absolute atomic E-state index is 0.793. The van der Waals surface area contributed by atoms with Crippen LogP contribution in [0.25, 0.3) is 0 Å². The zero-order valence-corrected chi connectivity index (χ0v) is 11.8. The molecule has 0 amide bonds. The number of aryl methyl sites for hydroxylation is 1. The number of hydrogen-bond acceptors (Lipinski definition) is 5. The van der Waals surface area contributed by atoms with Crippen molar-refractivity contribution in [2.24, 2.45) is 0 Å². The average molecular weight is 262 g/mol. The Bertz CT molecular complexity index is 496. The normalized spacial score (nSPS) is 10.6. The van der Waals surface area contributed by atoms with Gasteiger partial charge in [0.05, 0.1) is 17.7 Å². The van der Waals surface area contributed by atoms with Gasteiger partial charge in [-0.25, -0.2) is 9.97 Å². The largest absolute Gasteiger partial charge is 0.354 e. The van der Waals surface area contributed by atoms with Crippen LogP contribution in [0.3, 0.4) is 0 Å². The van der Waals surface area contributed by atoms with E-state index in [0.717, 1.165) is 30.3 Å². The molecule has 96 valence electrons. The second-order valence-electron chi connectivity index (χ2n) is 4.28. The summed E-state index contributed by atoms with van der Waals surface area (Å²) in [7, 11) is 3.99. The number of pyridine rings is 1. The Hall–Kier alpha value is -1.46. The minimum atomic E-state index is 0.793. The first kappa shape index (κ1) is 13.0. The fourth-order valence-corrected chi connectivity index (χ4v) is 2.36. The smallest absolute Gasteiger partial charge is 0.128 e. The van der Waals surface area contributed by atoms with E-state index in [9.17, 15) is 0 Å². The summed E-state index contributed by atoms with van der Waals surface area (Å²) in [5.74, 6) is 0.986. The van der Waals surface area contributed by atoms with Crippen LogP contribution in [0, 0.1) is 6.92 Å². The third kappa shape index (κ3) is 3.05. The highest BCUT2D eigenvalue weighted by atomic mass is 32.1. The highest BCUT2D eigenvalue weighted by Crippen LogP contribution is 2.16. The van der Waals surface area contributed by atoms with Crippen LogP contribution in [0.15, 0.2) is 23.0 Å². The molecule has 0 aliphatic carbocycles. The van der Waals surface area contributed by atoms with E-state index in [4.69, 9.17) is 0 Å². The zero-order chi connectivity index (χ0) is 13.0. The van der Waals surface area contributed by atoms with Gasteiger partial charge >= 0.3 is 0 Å². The van der Waals surface area contributed by atoms with Crippen LogP contribution in [-0.2, 0) is 13.1 Å². The maximum Gasteiger partial charge on any atom is 0.128 e. The van der Waals surface area contributed by atoms with Crippen LogP contribution in [0.2, 0.25) is 0 Å². The van der Waals surface area contributed by atoms with Crippen LogP contribution >= 0.6 is 11.3 Å². The van der Waals surface area contributed by atoms with Gasteiger partial charge in [0.25, 0.3) is 0 Å². The summed E-state index contributed by atoms with van der Waals surface area (Å²) in [4.78, 5) is 11.0. The Labute approximate surface area is 112 Å². The molecule has 2 aromatic heterocycles. The molecule has 1 N–H and O–H groups in total. The Morgan fingerprint density at radius 3 is 2.83 bits per heavy atom. The first-order valence-corrected chi connectivity index (χ1v) is 6.84. The van der Waals surface area contributed by atoms with Gasteiger partial charge in [-0.15, -0.1) is 11.3 Å². The van der Waals surface area contributed by atoms with Gasteiger partial charge in [0.1, 0.15) is 5.82 Å². The van der Waals surface area contributed by atoms with E-state index in [1.54, 1.807) is 11.3 Å². The second-order valence-corrected chi connectivity index (χ2v) is 5.00. The van der Waals surface area contributed by atoms with Crippen molar-refractivity contribution in [3.63, 3.8) is 0 Å². The summed E-state index contributed by atoms with van der Waals surface area (Å²) in [5.41, 5.74) is 5.26. The Kier molecular flexibility index (Phi) is 4.28. The minimum Gasteiger partial charge on any atom is -0.354 e. The van der Waals surface area contributed by atoms with Crippen LogP contribution in [0.1, 0.15) is 17.0 Å². The van der Waals surface area contributed by atoms with Crippen molar-refractivity contribution < 1.29 is 0 Å². The van der Waals surface area contributed by atoms with E-state index < -0.39 is 0 Å². The molecule has 5 heteroatoms. The highest BCUT2D eigenvalue weighted by molar-refractivity contribution is 7.07. The molecule has 0 unspecified atom stereocenters. The summed E-state index contributed by atoms with van der Waals surface area (Å²) in [5, 5.41) is 5.22. The van der Waals surface area contributed by atoms with Crippen molar-refractivity contribution in [1.82, 2.24) is 15.3 Å². The van der Waals surface area contributed by atoms with Gasteiger partial charge in [0, 0.05) is 24.7 Å². The molecule has 2 aromatic rings. The lowest BCUT2D eigenvalue weighted by Gasteiger charge is -2.18. The predicted octanol–water partition coefficient (Wildman–Crippen LogP) is 2.20. The van der Waals surface area contributed by atoms with Crippen LogP contribution in [0.4, 0.5) is 5.82 Å². The molecule has 0 saturated heterocycles. The number of hydrogen-bond donors (Lipinski definition) is 1. The van der Waals surface area contributed by atoms with Crippen molar-refractivity contribution in [3.05, 3.63) is 40.0 Å². The van der Waals surface area contributed by atoms with Gasteiger partial charge in [-0.2, -0.15) is 0 Å². The summed E-state index contributed by atoms with van der Waals surface area (Å²) in [6.45, 7) is 3.70. The molecule has 0 aliphatic heterocycles. The first-order chi connectivity index (χ1) is 8.70. The van der Waals surface area contributed by atoms with E-state index >= 15 is 0 Å². The number of aromatic nitrogens is 2. The molecule has 2 rings (SSSR count). The average Bonchev–Trinajstić information content (AvgIpc) is 2.84. The van der Waals surface area contributed by atoms with Crippen molar-refractivity contribution in [2.75, 3.05) is 19.0 Å². The predicted molar refractivity (Wildman–Crippen MR) is 76.0 cm³/mol. The van der Waals surface area contributed by atoms with E-state index in [0.29, 0.717) is 0 Å². The lowest BCUT2D eigenvalue weighted by molar-refractivity contribution is 0.799. The van der Waals surface area contributed by atoms with Crippen LogP contribution < -0.4 is 10.2 Å². The number of nitrogens with one attached hydrogen (secondary N) is 1. The van der Waals surface area contributed by atoms with Gasteiger partial charge in [-0.1, -0.05) is 6.07 Å². The van der Waals surface area contributed by atoms with E-state index in [1.807, 2.05) is 26.5 Å². The second kappa shape index (κ2) is 5.93. The number of rotatable bonds is 5. The highest BCUT2D eigenvalue weighted by Gasteiger charge is 2.07. The van der Waals surface area contributed by atoms with E-state index in [-0.39, 0.29) is 0 Å². The van der Waals surface area contributed by atoms with Crippen molar-refractivity contribution in [1.29, 1.82) is 0 Å². The maximum atomic E-state index is 4.63. The maximum absolute atomic E-state index is 4.63. The molecule has 0 spiro atoms. The lowest BCUT2D eigenvalue weighted by atomic mass is 10.2. The van der Waals surface area contributed by atoms with Crippen LogP contribution in [0.5, 0.6) is 0 Å². The molecule has 0 bridgehead atoms. The SMILES string of the molecule is CNCc1ccc(N(C)Cc2cscn2)nc1C. The number of thiazole rings is 1. The fraction of sp³-hybridized carbons (Fsp3) is 0.385. The lowest BCUT2D eigenvalue weighted by Crippen LogP contribution is -2.18. The van der Waals surface area contributed by atoms with Gasteiger partial charge < -0.3 is 10.2 Å². The molecule has 18 heavy (non-hydrogen) atoms. The quantitative estimate of drug-likeness (QED) is 0.897. The standard InChI is InChI=1S/C13H18N4S/c1-10-11(6-14-2)4-5-13(16-10)17(3)7-12-8-18-9-15-12/h4-5,8-9,14H,6-7H2,1-3H3. The monoisotopic (exact) mass is 262 g/mol. The molecule has 0 saturated carbocycles. The van der Waals surface area contributed by atoms with Crippen molar-refractivity contribution in [2.45, 2.75) is 20.0 Å². The number of nitrogens with zero attached hydrogens (tertiary/aromatic N) is 3. The Morgan fingerprint density at radius 1 is 1.39 bits per heavy atom. The molecule has 0 aromatic carbocycles.